The largest absolute Gasteiger partial charge is 0.313 e. The Bertz CT molecular complexity index is 700. The van der Waals surface area contributed by atoms with E-state index >= 15 is 0 Å². The second-order valence-electron chi connectivity index (χ2n) is 7.34. The van der Waals surface area contributed by atoms with Crippen molar-refractivity contribution in [3.63, 3.8) is 0 Å². The summed E-state index contributed by atoms with van der Waals surface area (Å²) in [5.41, 5.74) is 3.86. The molecule has 1 N–H and O–H groups in total. The Labute approximate surface area is 126 Å². The van der Waals surface area contributed by atoms with E-state index in [1.165, 1.54) is 55.8 Å². The lowest BCUT2D eigenvalue weighted by molar-refractivity contribution is 0.0803. The number of piperidine rings is 1. The van der Waals surface area contributed by atoms with Crippen LogP contribution in [0.5, 0.6) is 0 Å². The molecule has 2 bridgehead atoms. The molecule has 3 aliphatic rings. The molecule has 2 aromatic carbocycles. The normalized spacial score (nSPS) is 34.3. The van der Waals surface area contributed by atoms with Gasteiger partial charge in [-0.3, -0.25) is 0 Å². The van der Waals surface area contributed by atoms with Crippen LogP contribution >= 0.6 is 0 Å². The van der Waals surface area contributed by atoms with Crippen molar-refractivity contribution in [1.29, 1.82) is 0 Å². The van der Waals surface area contributed by atoms with E-state index in [1.807, 2.05) is 0 Å². The molecule has 1 heteroatoms. The standard InChI is InChI=1S/C20H23N/c1-2-6-15-14(5-1)8-9-17-16(15)13-19-18-7-3-4-10-20(17,18)11-12-21-19/h1-2,5-6,8-9,18-19,21H,3-4,7,10-13H2/t18-,19+,20-/m0/s1. The van der Waals surface area contributed by atoms with Crippen LogP contribution in [-0.4, -0.2) is 12.6 Å². The molecule has 1 heterocycles. The Hall–Kier alpha value is -1.34. The average Bonchev–Trinajstić information content (AvgIpc) is 2.54. The average molecular weight is 277 g/mol. The van der Waals surface area contributed by atoms with Gasteiger partial charge in [0.05, 0.1) is 0 Å². The first-order valence-corrected chi connectivity index (χ1v) is 8.63. The SMILES string of the molecule is c1ccc2c3c(ccc2c1)[C@@]12CCCC[C@H]1[C@@H](C3)NCC2. The lowest BCUT2D eigenvalue weighted by Gasteiger charge is -2.56. The summed E-state index contributed by atoms with van der Waals surface area (Å²) < 4.78 is 0. The maximum absolute atomic E-state index is 3.85. The fourth-order valence-corrected chi connectivity index (χ4v) is 5.71. The summed E-state index contributed by atoms with van der Waals surface area (Å²) in [6.45, 7) is 1.22. The number of benzene rings is 2. The van der Waals surface area contributed by atoms with Crippen molar-refractivity contribution in [2.24, 2.45) is 5.92 Å². The minimum absolute atomic E-state index is 0.492. The van der Waals surface area contributed by atoms with Gasteiger partial charge >= 0.3 is 0 Å². The van der Waals surface area contributed by atoms with Crippen LogP contribution in [0.3, 0.4) is 0 Å². The number of rotatable bonds is 0. The van der Waals surface area contributed by atoms with Gasteiger partial charge in [0.25, 0.3) is 0 Å². The fraction of sp³-hybridized carbons (Fsp3) is 0.500. The van der Waals surface area contributed by atoms with Crippen molar-refractivity contribution < 1.29 is 0 Å². The Morgan fingerprint density at radius 2 is 1.95 bits per heavy atom. The predicted molar refractivity (Wildman–Crippen MR) is 87.7 cm³/mol. The minimum atomic E-state index is 0.492. The molecule has 1 nitrogen and oxygen atoms in total. The van der Waals surface area contributed by atoms with Crippen molar-refractivity contribution >= 4 is 10.8 Å². The molecule has 5 rings (SSSR count). The monoisotopic (exact) mass is 277 g/mol. The fourth-order valence-electron chi connectivity index (χ4n) is 5.71. The van der Waals surface area contributed by atoms with Gasteiger partial charge in [0.2, 0.25) is 0 Å². The first-order chi connectivity index (χ1) is 10.4. The van der Waals surface area contributed by atoms with Gasteiger partial charge in [0, 0.05) is 11.5 Å². The smallest absolute Gasteiger partial charge is 0.0145 e. The molecule has 2 aliphatic carbocycles. The van der Waals surface area contributed by atoms with Crippen molar-refractivity contribution in [2.75, 3.05) is 6.54 Å². The van der Waals surface area contributed by atoms with E-state index < -0.39 is 0 Å². The first-order valence-electron chi connectivity index (χ1n) is 8.63. The van der Waals surface area contributed by atoms with E-state index in [0.29, 0.717) is 5.41 Å². The van der Waals surface area contributed by atoms with Crippen LogP contribution in [-0.2, 0) is 11.8 Å². The van der Waals surface area contributed by atoms with Crippen LogP contribution in [0.4, 0.5) is 0 Å². The van der Waals surface area contributed by atoms with E-state index in [2.05, 4.69) is 41.7 Å². The van der Waals surface area contributed by atoms with E-state index in [1.54, 1.807) is 11.1 Å². The number of hydrogen-bond donors (Lipinski definition) is 1. The molecule has 21 heavy (non-hydrogen) atoms. The van der Waals surface area contributed by atoms with Crippen molar-refractivity contribution in [2.45, 2.75) is 50.0 Å². The predicted octanol–water partition coefficient (Wildman–Crippen LogP) is 4.19. The van der Waals surface area contributed by atoms with Crippen LogP contribution in [0.25, 0.3) is 10.8 Å². The van der Waals surface area contributed by atoms with Crippen LogP contribution in [0, 0.1) is 5.92 Å². The summed E-state index contributed by atoms with van der Waals surface area (Å²) in [6.07, 6.45) is 8.30. The molecule has 3 atom stereocenters. The van der Waals surface area contributed by atoms with Crippen molar-refractivity contribution in [3.8, 4) is 0 Å². The molecule has 1 saturated carbocycles. The van der Waals surface area contributed by atoms with Gasteiger partial charge in [0.15, 0.2) is 0 Å². The lowest BCUT2D eigenvalue weighted by atomic mass is 9.52. The van der Waals surface area contributed by atoms with Crippen LogP contribution in [0.1, 0.15) is 43.2 Å². The van der Waals surface area contributed by atoms with Crippen molar-refractivity contribution in [3.05, 3.63) is 47.5 Å². The molecule has 1 saturated heterocycles. The Morgan fingerprint density at radius 1 is 1.00 bits per heavy atom. The summed E-state index contributed by atoms with van der Waals surface area (Å²) in [5.74, 6) is 0.883. The highest BCUT2D eigenvalue weighted by atomic mass is 15.0. The van der Waals surface area contributed by atoms with Crippen LogP contribution in [0.2, 0.25) is 0 Å². The highest BCUT2D eigenvalue weighted by Gasteiger charge is 2.51. The van der Waals surface area contributed by atoms with Gasteiger partial charge < -0.3 is 5.32 Å². The maximum Gasteiger partial charge on any atom is 0.0145 e. The van der Waals surface area contributed by atoms with E-state index in [0.717, 1.165) is 12.0 Å². The third-order valence-electron chi connectivity index (χ3n) is 6.56. The molecule has 0 unspecified atom stereocenters. The zero-order chi connectivity index (χ0) is 13.9. The molecule has 108 valence electrons. The summed E-state index contributed by atoms with van der Waals surface area (Å²) in [6, 6.07) is 14.5. The number of nitrogens with one attached hydrogen (secondary N) is 1. The van der Waals surface area contributed by atoms with E-state index in [9.17, 15) is 0 Å². The quantitative estimate of drug-likeness (QED) is 0.761. The summed E-state index contributed by atoms with van der Waals surface area (Å²) in [7, 11) is 0. The second kappa shape index (κ2) is 4.33. The molecule has 0 spiro atoms. The van der Waals surface area contributed by atoms with Gasteiger partial charge in [-0.05, 0) is 60.0 Å². The first kappa shape index (κ1) is 12.2. The van der Waals surface area contributed by atoms with E-state index in [4.69, 9.17) is 0 Å². The van der Waals surface area contributed by atoms with Crippen molar-refractivity contribution in [1.82, 2.24) is 5.32 Å². The van der Waals surface area contributed by atoms with Gasteiger partial charge in [-0.2, -0.15) is 0 Å². The zero-order valence-electron chi connectivity index (χ0n) is 12.6. The Morgan fingerprint density at radius 3 is 2.95 bits per heavy atom. The van der Waals surface area contributed by atoms with Crippen LogP contribution in [0.15, 0.2) is 36.4 Å². The molecule has 0 amide bonds. The van der Waals surface area contributed by atoms with Gasteiger partial charge in [0.1, 0.15) is 0 Å². The highest BCUT2D eigenvalue weighted by molar-refractivity contribution is 5.87. The van der Waals surface area contributed by atoms with Gasteiger partial charge in [-0.15, -0.1) is 0 Å². The molecule has 0 radical (unpaired) electrons. The van der Waals surface area contributed by atoms with Gasteiger partial charge in [-0.25, -0.2) is 0 Å². The zero-order valence-corrected chi connectivity index (χ0v) is 12.6. The number of fused-ring (bicyclic) bond motifs is 3. The molecule has 1 aliphatic heterocycles. The minimum Gasteiger partial charge on any atom is -0.313 e. The number of hydrogen-bond acceptors (Lipinski definition) is 1. The maximum atomic E-state index is 3.85. The van der Waals surface area contributed by atoms with Gasteiger partial charge in [-0.1, -0.05) is 49.2 Å². The Kier molecular flexibility index (Phi) is 2.52. The second-order valence-corrected chi connectivity index (χ2v) is 7.34. The van der Waals surface area contributed by atoms with E-state index in [-0.39, 0.29) is 0 Å². The Balaban J connectivity index is 1.80. The highest BCUT2D eigenvalue weighted by Crippen LogP contribution is 2.54. The summed E-state index contributed by atoms with van der Waals surface area (Å²) in [5, 5.41) is 6.77. The lowest BCUT2D eigenvalue weighted by Crippen LogP contribution is -2.59. The molecule has 2 aromatic rings. The molecular weight excluding hydrogens is 254 g/mol. The summed E-state index contributed by atoms with van der Waals surface area (Å²) in [4.78, 5) is 0. The summed E-state index contributed by atoms with van der Waals surface area (Å²) >= 11 is 0. The topological polar surface area (TPSA) is 12.0 Å². The third-order valence-corrected chi connectivity index (χ3v) is 6.56. The molecule has 0 aromatic heterocycles. The molecular formula is C20H23N. The third kappa shape index (κ3) is 1.56. The van der Waals surface area contributed by atoms with Crippen LogP contribution < -0.4 is 5.32 Å². The molecule has 2 fully saturated rings.